The summed E-state index contributed by atoms with van der Waals surface area (Å²) in [5, 5.41) is 96.9. The van der Waals surface area contributed by atoms with E-state index in [4.69, 9.17) is 21.7 Å². The van der Waals surface area contributed by atoms with Gasteiger partial charge in [-0.1, -0.05) is 88.7 Å². The molecule has 2 unspecified atom stereocenters. The predicted molar refractivity (Wildman–Crippen MR) is 301 cm³/mol. The number of fused-ring (bicyclic) bond motifs is 2. The molecule has 0 aliphatic rings. The van der Waals surface area contributed by atoms with E-state index in [1.165, 1.54) is 127 Å². The number of carbonyl (C=O) groups excluding carboxylic acids is 2. The van der Waals surface area contributed by atoms with Crippen LogP contribution >= 0.6 is 11.6 Å². The summed E-state index contributed by atoms with van der Waals surface area (Å²) < 4.78 is 0. The summed E-state index contributed by atoms with van der Waals surface area (Å²) in [6.07, 6.45) is 0. The number of aromatic hydroxyl groups is 2. The Kier molecular flexibility index (Phi) is 17.1. The van der Waals surface area contributed by atoms with Gasteiger partial charge in [-0.2, -0.15) is 5.11 Å². The number of carbonyl (C=O) groups is 2. The molecule has 26 nitrogen and oxygen atoms in total. The lowest BCUT2D eigenvalue weighted by Crippen LogP contribution is -2.13. The van der Waals surface area contributed by atoms with Crippen LogP contribution in [0.1, 0.15) is 55.1 Å². The van der Waals surface area contributed by atoms with Crippen molar-refractivity contribution in [2.75, 3.05) is 17.7 Å². The second-order valence-electron chi connectivity index (χ2n) is 17.5. The van der Waals surface area contributed by atoms with E-state index >= 15 is 0 Å². The number of hydrogen-bond donors (Lipinski definition) is 4. The third-order valence-corrected chi connectivity index (χ3v) is 12.5. The van der Waals surface area contributed by atoms with E-state index in [1.54, 1.807) is 30.3 Å². The minimum Gasteiger partial charge on any atom is -0.505 e. The minimum atomic E-state index is -1.54. The molecule has 0 aromatic heterocycles. The number of hydrogen-bond acceptors (Lipinski definition) is 20. The molecule has 9 aromatic rings. The van der Waals surface area contributed by atoms with Gasteiger partial charge in [0.2, 0.25) is 0 Å². The molecule has 0 saturated carbocycles. The van der Waals surface area contributed by atoms with Gasteiger partial charge < -0.3 is 20.8 Å². The number of rotatable bonds is 17. The second-order valence-corrected chi connectivity index (χ2v) is 17.9. The summed E-state index contributed by atoms with van der Waals surface area (Å²) in [7, 11) is 0.889. The fraction of sp³-hybridized carbons (Fsp3) is 0.0545. The average molecular weight is 1130 g/mol. The first-order valence-electron chi connectivity index (χ1n) is 23.7. The molecule has 0 heterocycles. The standard InChI is InChI=1S/C54H34ClN11O12.CH3NO2/c55-45-28-37(58-60-50-42-19-16-32(53(69)56-35-9-2-1-3-10-35)22-34(42)26-44(52(50)68)54(70)57-36-11-6-14-40(27-36)66(77)78)17-20-46(45)59-61-49-41-18-15-31(47(62-71)29-7-4-12-38(23-29)64(73)74)21-33(41)25-43(51(49)67)48(63-72)30-8-5-13-39(24-30)65(75)76;1-2(3)4/h1-28,47-48,67-68H,(H,56,69)(H,57,70);1H3. The molecule has 82 heavy (non-hydrogen) atoms. The number of nitroso groups, excluding NO2 is 2. The Morgan fingerprint density at radius 1 is 0.512 bits per heavy atom. The molecule has 0 spiro atoms. The molecule has 0 fully saturated rings. The van der Waals surface area contributed by atoms with E-state index in [2.05, 4.69) is 41.4 Å². The second kappa shape index (κ2) is 24.8. The van der Waals surface area contributed by atoms with Crippen molar-refractivity contribution in [3.63, 3.8) is 0 Å². The van der Waals surface area contributed by atoms with Gasteiger partial charge in [-0.3, -0.25) is 50.0 Å². The Labute approximate surface area is 464 Å². The van der Waals surface area contributed by atoms with Crippen molar-refractivity contribution < 1.29 is 39.5 Å². The van der Waals surface area contributed by atoms with Crippen LogP contribution < -0.4 is 10.6 Å². The molecule has 408 valence electrons. The Balaban J connectivity index is 0.00000213. The number of nitro benzene ring substituents is 3. The van der Waals surface area contributed by atoms with Crippen molar-refractivity contribution >= 4 is 96.1 Å². The third kappa shape index (κ3) is 12.8. The van der Waals surface area contributed by atoms with Crippen molar-refractivity contribution in [2.24, 2.45) is 30.8 Å². The van der Waals surface area contributed by atoms with Crippen LogP contribution in [0.3, 0.4) is 0 Å². The lowest BCUT2D eigenvalue weighted by atomic mass is 9.92. The number of azo groups is 2. The number of halogens is 1. The zero-order valence-corrected chi connectivity index (χ0v) is 42.7. The Hall–Kier alpha value is -11.7. The highest BCUT2D eigenvalue weighted by Gasteiger charge is 2.27. The van der Waals surface area contributed by atoms with Crippen molar-refractivity contribution in [1.82, 2.24) is 0 Å². The van der Waals surface area contributed by atoms with Crippen molar-refractivity contribution in [3.8, 4) is 11.5 Å². The van der Waals surface area contributed by atoms with Crippen LogP contribution in [0.5, 0.6) is 11.5 Å². The number of anilines is 2. The molecule has 4 N–H and O–H groups in total. The fourth-order valence-electron chi connectivity index (χ4n) is 8.39. The van der Waals surface area contributed by atoms with E-state index in [1.807, 2.05) is 0 Å². The van der Waals surface area contributed by atoms with E-state index in [0.29, 0.717) is 5.69 Å². The van der Waals surface area contributed by atoms with Gasteiger partial charge in [0.15, 0.2) is 12.8 Å². The van der Waals surface area contributed by atoms with Gasteiger partial charge in [0, 0.05) is 74.6 Å². The SMILES string of the molecule is C[N+](=O)[O-].O=NC(c1cccc([N+](=O)[O-])c1)c1ccc2c(N=Nc3ccc(N=Nc4c(O)c(C(=O)Nc5cccc([N+](=O)[O-])c5)cc5cc(C(=O)Nc6ccccc6)ccc45)cc3Cl)c(O)c(C(N=O)c3cccc([N+](=O)[O-])c3)cc2c1. The number of para-hydroxylation sites is 1. The third-order valence-electron chi connectivity index (χ3n) is 12.1. The molecule has 0 radical (unpaired) electrons. The van der Waals surface area contributed by atoms with Crippen LogP contribution in [0.2, 0.25) is 5.02 Å². The first-order valence-corrected chi connectivity index (χ1v) is 24.1. The van der Waals surface area contributed by atoms with E-state index in [-0.39, 0.29) is 105 Å². The van der Waals surface area contributed by atoms with Crippen LogP contribution in [-0.2, 0) is 0 Å². The zero-order chi connectivity index (χ0) is 58.8. The Morgan fingerprint density at radius 2 is 1.04 bits per heavy atom. The number of nitrogens with zero attached hydrogens (tertiary/aromatic N) is 10. The summed E-state index contributed by atoms with van der Waals surface area (Å²) in [6, 6.07) is 37.2. The van der Waals surface area contributed by atoms with Gasteiger partial charge in [-0.15, -0.1) is 25.2 Å². The molecular weight excluding hydrogens is 1090 g/mol. The summed E-state index contributed by atoms with van der Waals surface area (Å²) >= 11 is 6.73. The van der Waals surface area contributed by atoms with Crippen LogP contribution in [0.15, 0.2) is 201 Å². The Bertz CT molecular complexity index is 4140. The first kappa shape index (κ1) is 56.5. The number of nitro groups is 4. The topological polar surface area (TPSA) is 380 Å². The monoisotopic (exact) mass is 1120 g/mol. The van der Waals surface area contributed by atoms with Gasteiger partial charge in [0.25, 0.3) is 28.9 Å². The summed E-state index contributed by atoms with van der Waals surface area (Å²) in [5.74, 6) is -2.59. The maximum atomic E-state index is 13.8. The molecular formula is C55H37ClN12O14. The lowest BCUT2D eigenvalue weighted by Gasteiger charge is -2.17. The van der Waals surface area contributed by atoms with Crippen LogP contribution in [-0.4, -0.2) is 48.8 Å². The molecule has 9 aromatic carbocycles. The van der Waals surface area contributed by atoms with E-state index in [0.717, 1.165) is 19.2 Å². The van der Waals surface area contributed by atoms with Gasteiger partial charge in [-0.25, -0.2) is 0 Å². The number of non-ortho nitro benzene ring substituents is 3. The van der Waals surface area contributed by atoms with Gasteiger partial charge >= 0.3 is 0 Å². The number of nitrogens with one attached hydrogen (secondary N) is 2. The maximum absolute atomic E-state index is 13.8. The quantitative estimate of drug-likeness (QED) is 0.0285. The van der Waals surface area contributed by atoms with Crippen molar-refractivity contribution in [2.45, 2.75) is 12.1 Å². The number of amides is 2. The van der Waals surface area contributed by atoms with Crippen LogP contribution in [0, 0.1) is 50.3 Å². The minimum absolute atomic E-state index is 0.0132. The predicted octanol–water partition coefficient (Wildman–Crippen LogP) is 14.7. The molecule has 0 aliphatic carbocycles. The molecule has 0 saturated heterocycles. The molecule has 9 rings (SSSR count). The first-order chi connectivity index (χ1) is 39.3. The molecule has 0 bridgehead atoms. The van der Waals surface area contributed by atoms with Crippen molar-refractivity contribution in [3.05, 3.63) is 259 Å². The molecule has 0 aliphatic heterocycles. The summed E-state index contributed by atoms with van der Waals surface area (Å²) in [5.41, 5.74) is -0.508. The highest BCUT2D eigenvalue weighted by atomic mass is 35.5. The average Bonchev–Trinajstić information content (AvgIpc) is 3.61. The molecule has 27 heteroatoms. The lowest BCUT2D eigenvalue weighted by molar-refractivity contribution is -0.445. The van der Waals surface area contributed by atoms with Crippen molar-refractivity contribution in [1.29, 1.82) is 0 Å². The van der Waals surface area contributed by atoms with E-state index in [9.17, 15) is 60.0 Å². The van der Waals surface area contributed by atoms with Gasteiger partial charge in [0.05, 0.1) is 31.0 Å². The summed E-state index contributed by atoms with van der Waals surface area (Å²) in [4.78, 5) is 93.1. The summed E-state index contributed by atoms with van der Waals surface area (Å²) in [6.45, 7) is 0. The number of phenolic OH excluding ortho intramolecular Hbond substituents is 2. The van der Waals surface area contributed by atoms with Crippen LogP contribution in [0.25, 0.3) is 21.5 Å². The van der Waals surface area contributed by atoms with Crippen LogP contribution in [0.4, 0.5) is 51.2 Å². The smallest absolute Gasteiger partial charge is 0.271 e. The normalized spacial score (nSPS) is 11.8. The van der Waals surface area contributed by atoms with Gasteiger partial charge in [-0.05, 0) is 94.2 Å². The van der Waals surface area contributed by atoms with Gasteiger partial charge in [0.1, 0.15) is 34.9 Å². The highest BCUT2D eigenvalue weighted by Crippen LogP contribution is 2.47. The number of phenols is 2. The Morgan fingerprint density at radius 3 is 1.65 bits per heavy atom. The highest BCUT2D eigenvalue weighted by molar-refractivity contribution is 6.33. The zero-order valence-electron chi connectivity index (χ0n) is 42.0. The number of benzene rings is 9. The van der Waals surface area contributed by atoms with E-state index < -0.39 is 55.1 Å². The maximum Gasteiger partial charge on any atom is 0.271 e. The largest absolute Gasteiger partial charge is 0.505 e. The fourth-order valence-corrected chi connectivity index (χ4v) is 8.60. The molecule has 2 amide bonds. The molecule has 2 atom stereocenters.